The van der Waals surface area contributed by atoms with Gasteiger partial charge in [0.05, 0.1) is 11.5 Å². The molecule has 1 aromatic rings. The minimum Gasteiger partial charge on any atom is -0.481 e. The van der Waals surface area contributed by atoms with Gasteiger partial charge in [0, 0.05) is 12.6 Å². The molecule has 1 aliphatic rings. The summed E-state index contributed by atoms with van der Waals surface area (Å²) in [6.45, 7) is 6.33. The molecule has 0 aliphatic carbocycles. The first-order valence-corrected chi connectivity index (χ1v) is 10.4. The highest BCUT2D eigenvalue weighted by molar-refractivity contribution is 7.91. The van der Waals surface area contributed by atoms with Crippen LogP contribution in [0.4, 0.5) is 0 Å². The Hall–Kier alpha value is -1.56. The Labute approximate surface area is 144 Å². The van der Waals surface area contributed by atoms with Gasteiger partial charge in [0.25, 0.3) is 5.91 Å². The third-order valence-electron chi connectivity index (χ3n) is 4.33. The fraction of sp³-hybridized carbons (Fsp3) is 0.611. The quantitative estimate of drug-likeness (QED) is 0.756. The topological polar surface area (TPSA) is 63.7 Å². The number of amides is 1. The molecule has 1 aromatic carbocycles. The summed E-state index contributed by atoms with van der Waals surface area (Å²) >= 11 is 0. The molecule has 0 N–H and O–H groups in total. The van der Waals surface area contributed by atoms with E-state index in [1.165, 1.54) is 0 Å². The molecule has 1 saturated heterocycles. The van der Waals surface area contributed by atoms with Crippen LogP contribution in [0.2, 0.25) is 0 Å². The maximum Gasteiger partial charge on any atom is 0.263 e. The molecule has 134 valence electrons. The van der Waals surface area contributed by atoms with Gasteiger partial charge in [-0.2, -0.15) is 0 Å². The van der Waals surface area contributed by atoms with Crippen molar-refractivity contribution >= 4 is 15.7 Å². The number of aryl methyl sites for hydroxylation is 1. The molecule has 24 heavy (non-hydrogen) atoms. The second kappa shape index (κ2) is 8.01. The van der Waals surface area contributed by atoms with E-state index in [0.717, 1.165) is 18.4 Å². The summed E-state index contributed by atoms with van der Waals surface area (Å²) in [5.41, 5.74) is 1.07. The third kappa shape index (κ3) is 4.97. The fourth-order valence-corrected chi connectivity index (χ4v) is 4.73. The average molecular weight is 353 g/mol. The highest BCUT2D eigenvalue weighted by atomic mass is 32.2. The molecule has 0 spiro atoms. The van der Waals surface area contributed by atoms with E-state index < -0.39 is 15.9 Å². The molecule has 0 saturated carbocycles. The van der Waals surface area contributed by atoms with Crippen LogP contribution in [0.3, 0.4) is 0 Å². The molecule has 1 amide bonds. The van der Waals surface area contributed by atoms with Crippen LogP contribution in [0.15, 0.2) is 24.3 Å². The summed E-state index contributed by atoms with van der Waals surface area (Å²) in [5.74, 6) is 0.762. The number of carbonyl (C=O) groups excluding carboxylic acids is 1. The van der Waals surface area contributed by atoms with Gasteiger partial charge in [0.2, 0.25) is 0 Å². The molecular weight excluding hydrogens is 326 g/mol. The first-order valence-electron chi connectivity index (χ1n) is 8.56. The van der Waals surface area contributed by atoms with E-state index in [-0.39, 0.29) is 23.5 Å². The fourth-order valence-electron chi connectivity index (χ4n) is 3.00. The molecule has 2 unspecified atom stereocenters. The Bertz CT molecular complexity index is 671. The van der Waals surface area contributed by atoms with Crippen LogP contribution >= 0.6 is 0 Å². The third-order valence-corrected chi connectivity index (χ3v) is 6.09. The highest BCUT2D eigenvalue weighted by Gasteiger charge is 2.36. The lowest BCUT2D eigenvalue weighted by atomic mass is 10.1. The number of hydrogen-bond acceptors (Lipinski definition) is 4. The van der Waals surface area contributed by atoms with Gasteiger partial charge in [-0.3, -0.25) is 4.79 Å². The molecule has 1 fully saturated rings. The summed E-state index contributed by atoms with van der Waals surface area (Å²) in [7, 11) is -3.02. The maximum absolute atomic E-state index is 12.8. The van der Waals surface area contributed by atoms with Crippen molar-refractivity contribution in [3.8, 4) is 5.75 Å². The second-order valence-electron chi connectivity index (χ2n) is 6.52. The number of sulfone groups is 1. The van der Waals surface area contributed by atoms with E-state index in [1.54, 1.807) is 11.8 Å². The molecule has 6 heteroatoms. The average Bonchev–Trinajstić information content (AvgIpc) is 2.87. The van der Waals surface area contributed by atoms with Gasteiger partial charge in [-0.1, -0.05) is 25.5 Å². The highest BCUT2D eigenvalue weighted by Crippen LogP contribution is 2.21. The van der Waals surface area contributed by atoms with Gasteiger partial charge in [-0.25, -0.2) is 8.42 Å². The van der Waals surface area contributed by atoms with Crippen LogP contribution in [-0.4, -0.2) is 49.4 Å². The number of carbonyl (C=O) groups is 1. The minimum atomic E-state index is -3.02. The van der Waals surface area contributed by atoms with Crippen molar-refractivity contribution in [1.82, 2.24) is 4.90 Å². The Balaban J connectivity index is 2.08. The van der Waals surface area contributed by atoms with Gasteiger partial charge < -0.3 is 9.64 Å². The van der Waals surface area contributed by atoms with Crippen LogP contribution in [0.1, 0.15) is 38.7 Å². The van der Waals surface area contributed by atoms with E-state index in [0.29, 0.717) is 18.7 Å². The molecule has 2 atom stereocenters. The van der Waals surface area contributed by atoms with Crippen molar-refractivity contribution in [1.29, 1.82) is 0 Å². The predicted molar refractivity (Wildman–Crippen MR) is 94.9 cm³/mol. The second-order valence-corrected chi connectivity index (χ2v) is 8.75. The van der Waals surface area contributed by atoms with Crippen LogP contribution in [0.5, 0.6) is 5.75 Å². The smallest absolute Gasteiger partial charge is 0.263 e. The lowest BCUT2D eigenvalue weighted by molar-refractivity contribution is -0.140. The van der Waals surface area contributed by atoms with Gasteiger partial charge in [-0.05, 0) is 44.4 Å². The normalized spacial score (nSPS) is 20.5. The monoisotopic (exact) mass is 353 g/mol. The summed E-state index contributed by atoms with van der Waals surface area (Å²) in [5, 5.41) is 0. The number of rotatable bonds is 7. The van der Waals surface area contributed by atoms with Crippen molar-refractivity contribution in [3.05, 3.63) is 29.8 Å². The Morgan fingerprint density at radius 2 is 2.17 bits per heavy atom. The van der Waals surface area contributed by atoms with Gasteiger partial charge in [-0.15, -0.1) is 0 Å². The number of unbranched alkanes of at least 4 members (excludes halogenated alkanes) is 1. The molecule has 5 nitrogen and oxygen atoms in total. The largest absolute Gasteiger partial charge is 0.481 e. The molecule has 0 aromatic heterocycles. The van der Waals surface area contributed by atoms with Crippen LogP contribution in [-0.2, 0) is 14.6 Å². The standard InChI is InChI=1S/C18H27NO4S/c1-4-5-10-19(16-9-11-24(21,22)13-16)18(20)15(3)23-17-8-6-7-14(2)12-17/h6-8,12,15-16H,4-5,9-11,13H2,1-3H3. The summed E-state index contributed by atoms with van der Waals surface area (Å²) < 4.78 is 29.3. The van der Waals surface area contributed by atoms with E-state index >= 15 is 0 Å². The Morgan fingerprint density at radius 1 is 1.42 bits per heavy atom. The molecule has 0 radical (unpaired) electrons. The van der Waals surface area contributed by atoms with Crippen molar-refractivity contribution < 1.29 is 17.9 Å². The lowest BCUT2D eigenvalue weighted by Gasteiger charge is -2.30. The van der Waals surface area contributed by atoms with Crippen LogP contribution in [0, 0.1) is 6.92 Å². The van der Waals surface area contributed by atoms with E-state index in [2.05, 4.69) is 6.92 Å². The zero-order valence-electron chi connectivity index (χ0n) is 14.7. The summed E-state index contributed by atoms with van der Waals surface area (Å²) in [6, 6.07) is 7.35. The molecule has 1 heterocycles. The molecular formula is C18H27NO4S. The zero-order valence-corrected chi connectivity index (χ0v) is 15.5. The number of nitrogens with zero attached hydrogens (tertiary/aromatic N) is 1. The van der Waals surface area contributed by atoms with Gasteiger partial charge in [0.1, 0.15) is 5.75 Å². The predicted octanol–water partition coefficient (Wildman–Crippen LogP) is 2.58. The minimum absolute atomic E-state index is 0.0691. The van der Waals surface area contributed by atoms with Gasteiger partial charge in [0.15, 0.2) is 15.9 Å². The van der Waals surface area contributed by atoms with Crippen LogP contribution < -0.4 is 4.74 Å². The summed E-state index contributed by atoms with van der Waals surface area (Å²) in [4.78, 5) is 14.6. The SMILES string of the molecule is CCCCN(C(=O)C(C)Oc1cccc(C)c1)C1CCS(=O)(=O)C1. The number of hydrogen-bond donors (Lipinski definition) is 0. The Kier molecular flexibility index (Phi) is 6.27. The first kappa shape index (κ1) is 18.8. The molecule has 0 bridgehead atoms. The van der Waals surface area contributed by atoms with Crippen molar-refractivity contribution in [2.45, 2.75) is 52.2 Å². The zero-order chi connectivity index (χ0) is 17.7. The van der Waals surface area contributed by atoms with Crippen LogP contribution in [0.25, 0.3) is 0 Å². The number of benzene rings is 1. The molecule has 2 rings (SSSR count). The van der Waals surface area contributed by atoms with E-state index in [1.807, 2.05) is 31.2 Å². The first-order chi connectivity index (χ1) is 11.3. The Morgan fingerprint density at radius 3 is 2.75 bits per heavy atom. The molecule has 1 aliphatic heterocycles. The number of ether oxygens (including phenoxy) is 1. The van der Waals surface area contributed by atoms with E-state index in [4.69, 9.17) is 4.74 Å². The van der Waals surface area contributed by atoms with Crippen molar-refractivity contribution in [2.75, 3.05) is 18.1 Å². The lowest BCUT2D eigenvalue weighted by Crippen LogP contribution is -2.47. The maximum atomic E-state index is 12.8. The summed E-state index contributed by atoms with van der Waals surface area (Å²) in [6.07, 6.45) is 1.71. The van der Waals surface area contributed by atoms with Crippen molar-refractivity contribution in [2.24, 2.45) is 0 Å². The van der Waals surface area contributed by atoms with E-state index in [9.17, 15) is 13.2 Å². The van der Waals surface area contributed by atoms with Crippen molar-refractivity contribution in [3.63, 3.8) is 0 Å². The van der Waals surface area contributed by atoms with Gasteiger partial charge >= 0.3 is 0 Å².